The van der Waals surface area contributed by atoms with Gasteiger partial charge in [-0.25, -0.2) is 9.37 Å². The topological polar surface area (TPSA) is 28.2 Å². The second-order valence-corrected chi connectivity index (χ2v) is 5.61. The number of pyridine rings is 1. The molecule has 1 aliphatic rings. The highest BCUT2D eigenvalue weighted by Gasteiger charge is 2.27. The SMILES string of the molecule is CC1(C)CN(c2ncc(Br)cc2F)CCN1. The molecule has 1 N–H and O–H groups in total. The van der Waals surface area contributed by atoms with E-state index in [4.69, 9.17) is 0 Å². The Morgan fingerprint density at radius 1 is 1.56 bits per heavy atom. The van der Waals surface area contributed by atoms with Crippen molar-refractivity contribution in [1.82, 2.24) is 10.3 Å². The van der Waals surface area contributed by atoms with Crippen LogP contribution in [-0.2, 0) is 0 Å². The summed E-state index contributed by atoms with van der Waals surface area (Å²) in [5.74, 6) is 0.171. The Balaban J connectivity index is 2.23. The zero-order chi connectivity index (χ0) is 11.8. The van der Waals surface area contributed by atoms with Crippen LogP contribution < -0.4 is 10.2 Å². The molecule has 0 bridgehead atoms. The van der Waals surface area contributed by atoms with Gasteiger partial charge in [0.05, 0.1) is 0 Å². The van der Waals surface area contributed by atoms with Crippen LogP contribution in [0.15, 0.2) is 16.7 Å². The maximum Gasteiger partial charge on any atom is 0.166 e. The van der Waals surface area contributed by atoms with Gasteiger partial charge < -0.3 is 10.2 Å². The van der Waals surface area contributed by atoms with E-state index in [1.807, 2.05) is 4.90 Å². The fourth-order valence-electron chi connectivity index (χ4n) is 1.96. The van der Waals surface area contributed by atoms with E-state index < -0.39 is 0 Å². The maximum absolute atomic E-state index is 13.7. The largest absolute Gasteiger partial charge is 0.351 e. The van der Waals surface area contributed by atoms with Crippen molar-refractivity contribution in [2.45, 2.75) is 19.4 Å². The highest BCUT2D eigenvalue weighted by molar-refractivity contribution is 9.10. The van der Waals surface area contributed by atoms with E-state index in [9.17, 15) is 4.39 Å². The van der Waals surface area contributed by atoms with Crippen LogP contribution in [0, 0.1) is 5.82 Å². The van der Waals surface area contributed by atoms with Crippen LogP contribution in [-0.4, -0.2) is 30.2 Å². The third-order valence-corrected chi connectivity index (χ3v) is 3.09. The number of halogens is 2. The van der Waals surface area contributed by atoms with Crippen LogP contribution in [0.3, 0.4) is 0 Å². The third kappa shape index (κ3) is 2.52. The number of nitrogens with zero attached hydrogens (tertiary/aromatic N) is 2. The molecular weight excluding hydrogens is 273 g/mol. The molecule has 0 amide bonds. The summed E-state index contributed by atoms with van der Waals surface area (Å²) < 4.78 is 14.4. The first-order valence-corrected chi connectivity index (χ1v) is 6.08. The molecule has 0 saturated carbocycles. The number of aromatic nitrogens is 1. The van der Waals surface area contributed by atoms with Gasteiger partial charge in [-0.3, -0.25) is 0 Å². The summed E-state index contributed by atoms with van der Waals surface area (Å²) in [4.78, 5) is 6.13. The minimum atomic E-state index is -0.271. The van der Waals surface area contributed by atoms with Gasteiger partial charge in [-0.15, -0.1) is 0 Å². The van der Waals surface area contributed by atoms with Gasteiger partial charge in [0, 0.05) is 35.8 Å². The van der Waals surface area contributed by atoms with Gasteiger partial charge in [-0.1, -0.05) is 0 Å². The monoisotopic (exact) mass is 287 g/mol. The average Bonchev–Trinajstić information content (AvgIpc) is 2.15. The quantitative estimate of drug-likeness (QED) is 0.858. The molecule has 0 atom stereocenters. The van der Waals surface area contributed by atoms with Crippen molar-refractivity contribution >= 4 is 21.7 Å². The molecule has 5 heteroatoms. The Morgan fingerprint density at radius 3 is 2.94 bits per heavy atom. The van der Waals surface area contributed by atoms with E-state index in [0.717, 1.165) is 19.6 Å². The smallest absolute Gasteiger partial charge is 0.166 e. The molecule has 1 aliphatic heterocycles. The maximum atomic E-state index is 13.7. The van der Waals surface area contributed by atoms with E-state index in [1.54, 1.807) is 6.20 Å². The molecule has 1 aromatic rings. The molecule has 2 heterocycles. The predicted molar refractivity (Wildman–Crippen MR) is 66.2 cm³/mol. The molecular formula is C11H15BrFN3. The standard InChI is InChI=1S/C11H15BrFN3/c1-11(2)7-16(4-3-15-11)10-9(13)5-8(12)6-14-10/h5-6,15H,3-4,7H2,1-2H3. The predicted octanol–water partition coefficient (Wildman–Crippen LogP) is 2.17. The number of rotatable bonds is 1. The Morgan fingerprint density at radius 2 is 2.31 bits per heavy atom. The highest BCUT2D eigenvalue weighted by Crippen LogP contribution is 2.22. The lowest BCUT2D eigenvalue weighted by Gasteiger charge is -2.39. The first-order valence-electron chi connectivity index (χ1n) is 5.29. The van der Waals surface area contributed by atoms with Crippen LogP contribution in [0.1, 0.15) is 13.8 Å². The van der Waals surface area contributed by atoms with Gasteiger partial charge in [0.1, 0.15) is 0 Å². The molecule has 0 unspecified atom stereocenters. The Hall–Kier alpha value is -0.680. The number of piperazine rings is 1. The molecule has 88 valence electrons. The number of hydrogen-bond acceptors (Lipinski definition) is 3. The van der Waals surface area contributed by atoms with Crippen molar-refractivity contribution in [3.05, 3.63) is 22.6 Å². The van der Waals surface area contributed by atoms with Gasteiger partial charge in [-0.2, -0.15) is 0 Å². The van der Waals surface area contributed by atoms with Crippen LogP contribution >= 0.6 is 15.9 Å². The summed E-state index contributed by atoms with van der Waals surface area (Å²) >= 11 is 3.21. The minimum Gasteiger partial charge on any atom is -0.351 e. The zero-order valence-electron chi connectivity index (χ0n) is 9.43. The molecule has 1 aromatic heterocycles. The van der Waals surface area contributed by atoms with Crippen molar-refractivity contribution in [2.75, 3.05) is 24.5 Å². The van der Waals surface area contributed by atoms with Crippen molar-refractivity contribution in [3.8, 4) is 0 Å². The molecule has 3 nitrogen and oxygen atoms in total. The van der Waals surface area contributed by atoms with Crippen molar-refractivity contribution in [3.63, 3.8) is 0 Å². The summed E-state index contributed by atoms with van der Waals surface area (Å²) in [7, 11) is 0. The molecule has 0 spiro atoms. The molecule has 16 heavy (non-hydrogen) atoms. The van der Waals surface area contributed by atoms with Gasteiger partial charge in [0.25, 0.3) is 0 Å². The van der Waals surface area contributed by atoms with Crippen LogP contribution in [0.5, 0.6) is 0 Å². The van der Waals surface area contributed by atoms with E-state index in [2.05, 4.69) is 40.1 Å². The Kier molecular flexibility index (Phi) is 3.17. The Bertz CT molecular complexity index is 395. The first-order chi connectivity index (χ1) is 7.48. The van der Waals surface area contributed by atoms with Gasteiger partial charge in [0.15, 0.2) is 11.6 Å². The van der Waals surface area contributed by atoms with Crippen molar-refractivity contribution in [1.29, 1.82) is 0 Å². The number of nitrogens with one attached hydrogen (secondary N) is 1. The summed E-state index contributed by atoms with van der Waals surface area (Å²) in [5, 5.41) is 3.39. The normalized spacial score (nSPS) is 19.9. The number of hydrogen-bond donors (Lipinski definition) is 1. The van der Waals surface area contributed by atoms with Gasteiger partial charge in [-0.05, 0) is 35.8 Å². The lowest BCUT2D eigenvalue weighted by Crippen LogP contribution is -2.57. The van der Waals surface area contributed by atoms with Gasteiger partial charge >= 0.3 is 0 Å². The van der Waals surface area contributed by atoms with Crippen LogP contribution in [0.2, 0.25) is 0 Å². The minimum absolute atomic E-state index is 0.000552. The lowest BCUT2D eigenvalue weighted by atomic mass is 10.0. The first kappa shape index (κ1) is 11.8. The zero-order valence-corrected chi connectivity index (χ0v) is 11.0. The molecule has 0 aliphatic carbocycles. The number of anilines is 1. The van der Waals surface area contributed by atoms with Gasteiger partial charge in [0.2, 0.25) is 0 Å². The van der Waals surface area contributed by atoms with E-state index in [0.29, 0.717) is 10.3 Å². The lowest BCUT2D eigenvalue weighted by molar-refractivity contribution is 0.349. The molecule has 1 saturated heterocycles. The van der Waals surface area contributed by atoms with Crippen LogP contribution in [0.4, 0.5) is 10.2 Å². The summed E-state index contributed by atoms with van der Waals surface area (Å²) in [5.41, 5.74) is -0.000552. The van der Waals surface area contributed by atoms with E-state index in [1.165, 1.54) is 6.07 Å². The van der Waals surface area contributed by atoms with Crippen molar-refractivity contribution in [2.24, 2.45) is 0 Å². The summed E-state index contributed by atoms with van der Waals surface area (Å²) in [6.45, 7) is 6.61. The summed E-state index contributed by atoms with van der Waals surface area (Å²) in [6, 6.07) is 1.46. The third-order valence-electron chi connectivity index (χ3n) is 2.66. The molecule has 2 rings (SSSR count). The average molecular weight is 288 g/mol. The fraction of sp³-hybridized carbons (Fsp3) is 0.545. The Labute approximate surface area is 103 Å². The van der Waals surface area contributed by atoms with E-state index >= 15 is 0 Å². The second-order valence-electron chi connectivity index (χ2n) is 4.69. The van der Waals surface area contributed by atoms with Crippen LogP contribution in [0.25, 0.3) is 0 Å². The van der Waals surface area contributed by atoms with E-state index in [-0.39, 0.29) is 11.4 Å². The summed E-state index contributed by atoms with van der Waals surface area (Å²) in [6.07, 6.45) is 1.63. The molecule has 1 fully saturated rings. The molecule has 0 aromatic carbocycles. The van der Waals surface area contributed by atoms with Crippen molar-refractivity contribution < 1.29 is 4.39 Å². The fourth-order valence-corrected chi connectivity index (χ4v) is 2.27. The highest BCUT2D eigenvalue weighted by atomic mass is 79.9. The molecule has 0 radical (unpaired) electrons. The second kappa shape index (κ2) is 4.30.